The summed E-state index contributed by atoms with van der Waals surface area (Å²) in [6.07, 6.45) is 2.01. The fourth-order valence-electron chi connectivity index (χ4n) is 2.72. The van der Waals surface area contributed by atoms with Crippen molar-refractivity contribution in [3.05, 3.63) is 94.0 Å². The predicted octanol–water partition coefficient (Wildman–Crippen LogP) is 6.62. The molecule has 26 heavy (non-hydrogen) atoms. The minimum absolute atomic E-state index is 0.643. The van der Waals surface area contributed by atoms with E-state index in [9.17, 15) is 0 Å². The number of halogens is 2. The zero-order chi connectivity index (χ0) is 18.2. The van der Waals surface area contributed by atoms with Crippen molar-refractivity contribution >= 4 is 28.9 Å². The Morgan fingerprint density at radius 3 is 2.31 bits per heavy atom. The van der Waals surface area contributed by atoms with Gasteiger partial charge in [-0.1, -0.05) is 59.6 Å². The summed E-state index contributed by atoms with van der Waals surface area (Å²) in [6.45, 7) is 1.35. The van der Waals surface area contributed by atoms with Gasteiger partial charge in [0.05, 0.1) is 6.61 Å². The molecule has 0 aliphatic carbocycles. The second-order valence-electron chi connectivity index (χ2n) is 6.10. The van der Waals surface area contributed by atoms with Gasteiger partial charge in [0, 0.05) is 28.3 Å². The van der Waals surface area contributed by atoms with E-state index in [1.807, 2.05) is 42.5 Å². The van der Waals surface area contributed by atoms with Crippen LogP contribution in [0.2, 0.25) is 10.0 Å². The Kier molecular flexibility index (Phi) is 6.82. The zero-order valence-corrected chi connectivity index (χ0v) is 15.9. The van der Waals surface area contributed by atoms with E-state index in [2.05, 4.69) is 29.6 Å². The third-order valence-corrected chi connectivity index (χ3v) is 4.41. The largest absolute Gasteiger partial charge is 0.494 e. The number of hydrogen-bond donors (Lipinski definition) is 1. The molecule has 0 amide bonds. The molecule has 0 atom stereocenters. The van der Waals surface area contributed by atoms with Gasteiger partial charge in [0.1, 0.15) is 5.75 Å². The molecule has 0 unspecified atom stereocenters. The third-order valence-electron chi connectivity index (χ3n) is 3.97. The van der Waals surface area contributed by atoms with Crippen LogP contribution < -0.4 is 10.1 Å². The maximum Gasteiger partial charge on any atom is 0.121 e. The van der Waals surface area contributed by atoms with Crippen molar-refractivity contribution in [3.8, 4) is 5.75 Å². The second kappa shape index (κ2) is 9.51. The first-order valence-corrected chi connectivity index (χ1v) is 9.40. The molecule has 0 radical (unpaired) electrons. The van der Waals surface area contributed by atoms with Crippen LogP contribution in [0.1, 0.15) is 17.5 Å². The summed E-state index contributed by atoms with van der Waals surface area (Å²) in [7, 11) is 0. The van der Waals surface area contributed by atoms with Gasteiger partial charge >= 0.3 is 0 Å². The summed E-state index contributed by atoms with van der Waals surface area (Å²) in [5.41, 5.74) is 3.38. The van der Waals surface area contributed by atoms with Gasteiger partial charge < -0.3 is 10.1 Å². The molecule has 0 fully saturated rings. The Bertz CT molecular complexity index is 816. The molecule has 0 saturated carbocycles. The van der Waals surface area contributed by atoms with Crippen LogP contribution in [0.5, 0.6) is 5.75 Å². The molecule has 0 heterocycles. The molecule has 3 rings (SSSR count). The SMILES string of the molecule is Clc1cc(Cl)cc(CNc2cccc(OCCCc3ccccc3)c2)c1. The van der Waals surface area contributed by atoms with Crippen LogP contribution in [0.25, 0.3) is 0 Å². The fraction of sp³-hybridized carbons (Fsp3) is 0.182. The molecule has 0 bridgehead atoms. The maximum absolute atomic E-state index is 6.04. The van der Waals surface area contributed by atoms with Gasteiger partial charge in [-0.3, -0.25) is 0 Å². The Morgan fingerprint density at radius 2 is 1.54 bits per heavy atom. The molecule has 3 aromatic carbocycles. The predicted molar refractivity (Wildman–Crippen MR) is 110 cm³/mol. The Hall–Kier alpha value is -2.16. The van der Waals surface area contributed by atoms with E-state index in [4.69, 9.17) is 27.9 Å². The monoisotopic (exact) mass is 385 g/mol. The van der Waals surface area contributed by atoms with E-state index < -0.39 is 0 Å². The molecule has 4 heteroatoms. The van der Waals surface area contributed by atoms with Crippen molar-refractivity contribution in [2.24, 2.45) is 0 Å². The molecule has 2 nitrogen and oxygen atoms in total. The van der Waals surface area contributed by atoms with Crippen LogP contribution in [0.15, 0.2) is 72.8 Å². The first-order valence-electron chi connectivity index (χ1n) is 8.65. The lowest BCUT2D eigenvalue weighted by Crippen LogP contribution is -2.02. The average molecular weight is 386 g/mol. The normalized spacial score (nSPS) is 10.5. The average Bonchev–Trinajstić information content (AvgIpc) is 2.64. The molecule has 3 aromatic rings. The molecular weight excluding hydrogens is 365 g/mol. The number of hydrogen-bond acceptors (Lipinski definition) is 2. The van der Waals surface area contributed by atoms with Crippen molar-refractivity contribution in [1.82, 2.24) is 0 Å². The summed E-state index contributed by atoms with van der Waals surface area (Å²) >= 11 is 12.1. The summed E-state index contributed by atoms with van der Waals surface area (Å²) < 4.78 is 5.88. The quantitative estimate of drug-likeness (QED) is 0.440. The molecule has 134 valence electrons. The molecule has 0 aliphatic heterocycles. The van der Waals surface area contributed by atoms with Crippen LogP contribution in [-0.4, -0.2) is 6.61 Å². The van der Waals surface area contributed by atoms with Gasteiger partial charge in [-0.15, -0.1) is 0 Å². The lowest BCUT2D eigenvalue weighted by Gasteiger charge is -2.10. The number of anilines is 1. The number of aryl methyl sites for hydroxylation is 1. The minimum atomic E-state index is 0.643. The van der Waals surface area contributed by atoms with E-state index >= 15 is 0 Å². The van der Waals surface area contributed by atoms with E-state index in [1.165, 1.54) is 5.56 Å². The number of nitrogens with one attached hydrogen (secondary N) is 1. The van der Waals surface area contributed by atoms with Gasteiger partial charge in [0.15, 0.2) is 0 Å². The molecule has 0 aliphatic rings. The van der Waals surface area contributed by atoms with Gasteiger partial charge in [0.25, 0.3) is 0 Å². The highest BCUT2D eigenvalue weighted by Gasteiger charge is 2.01. The highest BCUT2D eigenvalue weighted by atomic mass is 35.5. The summed E-state index contributed by atoms with van der Waals surface area (Å²) in [5, 5.41) is 4.66. The Labute approximate surface area is 164 Å². The van der Waals surface area contributed by atoms with Crippen LogP contribution in [0, 0.1) is 0 Å². The molecular formula is C22H21Cl2NO. The molecule has 0 saturated heterocycles. The zero-order valence-electron chi connectivity index (χ0n) is 14.4. The summed E-state index contributed by atoms with van der Waals surface area (Å²) in [6, 6.07) is 24.0. The van der Waals surface area contributed by atoms with Gasteiger partial charge in [-0.2, -0.15) is 0 Å². The van der Waals surface area contributed by atoms with Gasteiger partial charge in [-0.25, -0.2) is 0 Å². The van der Waals surface area contributed by atoms with E-state index in [0.29, 0.717) is 23.2 Å². The first-order chi connectivity index (χ1) is 12.7. The van der Waals surface area contributed by atoms with Crippen molar-refractivity contribution in [2.75, 3.05) is 11.9 Å². The van der Waals surface area contributed by atoms with Gasteiger partial charge in [-0.05, 0) is 54.3 Å². The number of ether oxygens (including phenoxy) is 1. The second-order valence-corrected chi connectivity index (χ2v) is 6.97. The van der Waals surface area contributed by atoms with Crippen LogP contribution in [-0.2, 0) is 13.0 Å². The lowest BCUT2D eigenvalue weighted by atomic mass is 10.1. The van der Waals surface area contributed by atoms with Crippen LogP contribution >= 0.6 is 23.2 Å². The standard InChI is InChI=1S/C22H21Cl2NO/c23-19-12-18(13-20(24)14-19)16-25-21-9-4-10-22(15-21)26-11-5-8-17-6-2-1-3-7-17/h1-4,6-7,9-10,12-15,25H,5,8,11,16H2. The Morgan fingerprint density at radius 1 is 0.769 bits per heavy atom. The van der Waals surface area contributed by atoms with Crippen molar-refractivity contribution < 1.29 is 4.74 Å². The maximum atomic E-state index is 6.04. The van der Waals surface area contributed by atoms with Gasteiger partial charge in [0.2, 0.25) is 0 Å². The molecule has 0 aromatic heterocycles. The number of rotatable bonds is 8. The fourth-order valence-corrected chi connectivity index (χ4v) is 3.30. The molecule has 1 N–H and O–H groups in total. The van der Waals surface area contributed by atoms with Crippen molar-refractivity contribution in [1.29, 1.82) is 0 Å². The Balaban J connectivity index is 1.48. The smallest absolute Gasteiger partial charge is 0.121 e. The molecule has 0 spiro atoms. The summed E-state index contributed by atoms with van der Waals surface area (Å²) in [5.74, 6) is 0.868. The van der Waals surface area contributed by atoms with Crippen molar-refractivity contribution in [2.45, 2.75) is 19.4 Å². The minimum Gasteiger partial charge on any atom is -0.494 e. The summed E-state index contributed by atoms with van der Waals surface area (Å²) in [4.78, 5) is 0. The van der Waals surface area contributed by atoms with Crippen LogP contribution in [0.4, 0.5) is 5.69 Å². The van der Waals surface area contributed by atoms with Crippen molar-refractivity contribution in [3.63, 3.8) is 0 Å². The highest BCUT2D eigenvalue weighted by Crippen LogP contribution is 2.22. The first kappa shape index (κ1) is 18.6. The van der Waals surface area contributed by atoms with Crippen LogP contribution in [0.3, 0.4) is 0 Å². The third kappa shape index (κ3) is 5.98. The number of benzene rings is 3. The highest BCUT2D eigenvalue weighted by molar-refractivity contribution is 6.34. The topological polar surface area (TPSA) is 21.3 Å². The lowest BCUT2D eigenvalue weighted by molar-refractivity contribution is 0.311. The van der Waals surface area contributed by atoms with E-state index in [1.54, 1.807) is 6.07 Å². The van der Waals surface area contributed by atoms with E-state index in [0.717, 1.165) is 29.8 Å². The van der Waals surface area contributed by atoms with E-state index in [-0.39, 0.29) is 0 Å².